The lowest BCUT2D eigenvalue weighted by Crippen LogP contribution is -2.25. The van der Waals surface area contributed by atoms with Gasteiger partial charge in [0.15, 0.2) is 0 Å². The first-order valence-electron chi connectivity index (χ1n) is 5.55. The van der Waals surface area contributed by atoms with E-state index in [0.717, 1.165) is 18.7 Å². The van der Waals surface area contributed by atoms with Crippen LogP contribution in [0.4, 0.5) is 5.88 Å². The summed E-state index contributed by atoms with van der Waals surface area (Å²) in [6, 6.07) is 3.63. The molecule has 0 amide bonds. The molecule has 5 nitrogen and oxygen atoms in total. The zero-order chi connectivity index (χ0) is 11.7. The van der Waals surface area contributed by atoms with E-state index in [1.165, 1.54) is 6.07 Å². The molecule has 1 aliphatic rings. The third-order valence-corrected chi connectivity index (χ3v) is 2.87. The summed E-state index contributed by atoms with van der Waals surface area (Å²) in [6.45, 7) is 5.17. The number of rotatable bonds is 5. The summed E-state index contributed by atoms with van der Waals surface area (Å²) >= 11 is 0. The van der Waals surface area contributed by atoms with Gasteiger partial charge in [0.2, 0.25) is 0 Å². The highest BCUT2D eigenvalue weighted by Crippen LogP contribution is 2.48. The van der Waals surface area contributed by atoms with Gasteiger partial charge >= 0.3 is 5.88 Å². The van der Waals surface area contributed by atoms with E-state index in [4.69, 9.17) is 4.42 Å². The summed E-state index contributed by atoms with van der Waals surface area (Å²) in [5.41, 5.74) is 0. The number of nitrogens with zero attached hydrogens (tertiary/aromatic N) is 1. The predicted octanol–water partition coefficient (Wildman–Crippen LogP) is 2.29. The highest BCUT2D eigenvalue weighted by molar-refractivity contribution is 5.24. The fourth-order valence-corrected chi connectivity index (χ4v) is 1.85. The van der Waals surface area contributed by atoms with Crippen molar-refractivity contribution in [1.82, 2.24) is 5.32 Å². The van der Waals surface area contributed by atoms with Crippen molar-refractivity contribution in [2.24, 2.45) is 5.92 Å². The van der Waals surface area contributed by atoms with Gasteiger partial charge in [0.25, 0.3) is 0 Å². The maximum absolute atomic E-state index is 10.5. The molecule has 16 heavy (non-hydrogen) atoms. The molecule has 1 aromatic heterocycles. The monoisotopic (exact) mass is 224 g/mol. The normalized spacial score (nSPS) is 23.7. The van der Waals surface area contributed by atoms with Crippen LogP contribution >= 0.6 is 0 Å². The van der Waals surface area contributed by atoms with E-state index in [1.807, 2.05) is 0 Å². The molecule has 1 heterocycles. The molecule has 1 aliphatic carbocycles. The summed E-state index contributed by atoms with van der Waals surface area (Å²) in [6.07, 6.45) is 1.06. The van der Waals surface area contributed by atoms with Crippen LogP contribution in [0.5, 0.6) is 0 Å². The number of nitrogens with one attached hydrogen (secondary N) is 1. The van der Waals surface area contributed by atoms with E-state index >= 15 is 0 Å². The van der Waals surface area contributed by atoms with E-state index in [9.17, 15) is 10.1 Å². The fourth-order valence-electron chi connectivity index (χ4n) is 1.85. The van der Waals surface area contributed by atoms with Gasteiger partial charge in [0.05, 0.1) is 6.07 Å². The van der Waals surface area contributed by atoms with Gasteiger partial charge in [-0.25, -0.2) is 0 Å². The van der Waals surface area contributed by atoms with Gasteiger partial charge in [-0.1, -0.05) is 13.8 Å². The molecule has 88 valence electrons. The molecule has 2 rings (SSSR count). The molecule has 0 saturated heterocycles. The van der Waals surface area contributed by atoms with Gasteiger partial charge < -0.3 is 9.73 Å². The Morgan fingerprint density at radius 2 is 2.38 bits per heavy atom. The van der Waals surface area contributed by atoms with Crippen LogP contribution in [0.1, 0.15) is 31.9 Å². The first-order chi connectivity index (χ1) is 7.58. The molecule has 2 unspecified atom stereocenters. The minimum absolute atomic E-state index is 0.155. The second-order valence-corrected chi connectivity index (χ2v) is 4.60. The van der Waals surface area contributed by atoms with Crippen molar-refractivity contribution in [3.05, 3.63) is 28.0 Å². The second kappa shape index (κ2) is 4.25. The summed E-state index contributed by atoms with van der Waals surface area (Å²) in [4.78, 5) is 9.96. The maximum Gasteiger partial charge on any atom is 0.433 e. The molecular formula is C11H16N2O3. The summed E-state index contributed by atoms with van der Waals surface area (Å²) < 4.78 is 5.18. The number of hydrogen-bond donors (Lipinski definition) is 1. The summed E-state index contributed by atoms with van der Waals surface area (Å²) in [5.74, 6) is 1.52. The van der Waals surface area contributed by atoms with Gasteiger partial charge in [-0.15, -0.1) is 0 Å². The first-order valence-corrected chi connectivity index (χ1v) is 5.55. The lowest BCUT2D eigenvalue weighted by molar-refractivity contribution is -0.402. The SMILES string of the molecule is CC(C)NCC1CC1c1ccc([N+](=O)[O-])o1. The average Bonchev–Trinajstić information content (AvgIpc) is 2.81. The molecule has 2 atom stereocenters. The quantitative estimate of drug-likeness (QED) is 0.615. The smallest absolute Gasteiger partial charge is 0.406 e. The zero-order valence-corrected chi connectivity index (χ0v) is 9.47. The molecule has 1 fully saturated rings. The van der Waals surface area contributed by atoms with Gasteiger partial charge in [-0.3, -0.25) is 10.1 Å². The summed E-state index contributed by atoms with van der Waals surface area (Å²) in [5, 5.41) is 13.8. The van der Waals surface area contributed by atoms with Crippen LogP contribution in [-0.2, 0) is 0 Å². The average molecular weight is 224 g/mol. The van der Waals surface area contributed by atoms with Gasteiger partial charge in [0.1, 0.15) is 10.7 Å². The van der Waals surface area contributed by atoms with E-state index in [0.29, 0.717) is 17.9 Å². The number of nitro groups is 1. The Labute approximate surface area is 94.0 Å². The van der Waals surface area contributed by atoms with Gasteiger partial charge in [-0.05, 0) is 24.9 Å². The Morgan fingerprint density at radius 3 is 2.94 bits per heavy atom. The molecule has 0 bridgehead atoms. The first kappa shape index (κ1) is 11.1. The Balaban J connectivity index is 1.88. The van der Waals surface area contributed by atoms with Gasteiger partial charge in [-0.2, -0.15) is 0 Å². The Kier molecular flexibility index (Phi) is 2.96. The van der Waals surface area contributed by atoms with Crippen LogP contribution in [0.25, 0.3) is 0 Å². The minimum atomic E-state index is -0.493. The summed E-state index contributed by atoms with van der Waals surface area (Å²) in [7, 11) is 0. The standard InChI is InChI=1S/C11H16N2O3/c1-7(2)12-6-8-5-9(8)10-3-4-11(16-10)13(14)15/h3-4,7-9,12H,5-6H2,1-2H3. The largest absolute Gasteiger partial charge is 0.433 e. The van der Waals surface area contributed by atoms with Crippen LogP contribution in [0.3, 0.4) is 0 Å². The molecule has 0 aliphatic heterocycles. The van der Waals surface area contributed by atoms with Crippen LogP contribution in [0.2, 0.25) is 0 Å². The lowest BCUT2D eigenvalue weighted by Gasteiger charge is -2.06. The molecule has 1 N–H and O–H groups in total. The van der Waals surface area contributed by atoms with Crippen LogP contribution in [0.15, 0.2) is 16.5 Å². The number of furan rings is 1. The second-order valence-electron chi connectivity index (χ2n) is 4.60. The highest BCUT2D eigenvalue weighted by Gasteiger charge is 2.40. The van der Waals surface area contributed by atoms with E-state index < -0.39 is 4.92 Å². The molecular weight excluding hydrogens is 208 g/mol. The Bertz CT molecular complexity index is 386. The van der Waals surface area contributed by atoms with Crippen molar-refractivity contribution in [3.63, 3.8) is 0 Å². The van der Waals surface area contributed by atoms with E-state index in [2.05, 4.69) is 19.2 Å². The zero-order valence-electron chi connectivity index (χ0n) is 9.47. The maximum atomic E-state index is 10.5. The van der Waals surface area contributed by atoms with Crippen molar-refractivity contribution in [1.29, 1.82) is 0 Å². The third kappa shape index (κ3) is 2.41. The van der Waals surface area contributed by atoms with Crippen LogP contribution < -0.4 is 5.32 Å². The van der Waals surface area contributed by atoms with Crippen molar-refractivity contribution < 1.29 is 9.34 Å². The van der Waals surface area contributed by atoms with E-state index in [1.54, 1.807) is 6.07 Å². The third-order valence-electron chi connectivity index (χ3n) is 2.87. The number of hydrogen-bond acceptors (Lipinski definition) is 4. The molecule has 5 heteroatoms. The lowest BCUT2D eigenvalue weighted by atomic mass is 10.2. The van der Waals surface area contributed by atoms with Crippen molar-refractivity contribution >= 4 is 5.88 Å². The van der Waals surface area contributed by atoms with Crippen LogP contribution in [-0.4, -0.2) is 17.5 Å². The topological polar surface area (TPSA) is 68.3 Å². The van der Waals surface area contributed by atoms with Gasteiger partial charge in [0, 0.05) is 12.0 Å². The molecule has 1 aromatic rings. The van der Waals surface area contributed by atoms with Crippen molar-refractivity contribution in [2.75, 3.05) is 6.54 Å². The van der Waals surface area contributed by atoms with E-state index in [-0.39, 0.29) is 5.88 Å². The molecule has 1 saturated carbocycles. The Hall–Kier alpha value is -1.36. The molecule has 0 radical (unpaired) electrons. The molecule has 0 aromatic carbocycles. The van der Waals surface area contributed by atoms with Crippen molar-refractivity contribution in [3.8, 4) is 0 Å². The Morgan fingerprint density at radius 1 is 1.62 bits per heavy atom. The highest BCUT2D eigenvalue weighted by atomic mass is 16.6. The minimum Gasteiger partial charge on any atom is -0.406 e. The van der Waals surface area contributed by atoms with Crippen LogP contribution in [0, 0.1) is 16.0 Å². The predicted molar refractivity (Wildman–Crippen MR) is 59.3 cm³/mol. The fraction of sp³-hybridized carbons (Fsp3) is 0.636. The van der Waals surface area contributed by atoms with Crippen molar-refractivity contribution in [2.45, 2.75) is 32.2 Å². The molecule has 0 spiro atoms.